The maximum absolute atomic E-state index is 14.3. The zero-order valence-corrected chi connectivity index (χ0v) is 33.9. The summed E-state index contributed by atoms with van der Waals surface area (Å²) in [5, 5.41) is 11.6. The van der Waals surface area contributed by atoms with Crippen LogP contribution in [0, 0.1) is 17.8 Å². The van der Waals surface area contributed by atoms with Crippen LogP contribution in [0.1, 0.15) is 130 Å². The molecule has 3 rings (SSSR count). The summed E-state index contributed by atoms with van der Waals surface area (Å²) in [6.07, 6.45) is 13.1. The highest BCUT2D eigenvalue weighted by atomic mass is 16.5. The van der Waals surface area contributed by atoms with Gasteiger partial charge in [0.05, 0.1) is 31.3 Å². The number of nitrogens with one attached hydrogen (secondary N) is 4. The first-order chi connectivity index (χ1) is 25.9. The van der Waals surface area contributed by atoms with Crippen LogP contribution in [0.3, 0.4) is 0 Å². The van der Waals surface area contributed by atoms with E-state index in [9.17, 15) is 24.0 Å². The SMILES string of the molecule is CCCCCC[C@H]1OC[C@@H](C)NC(=O)[C@H](COC2CC(CN)C2)NC(=O)[C@H](CN)NC(=O)[C@H](C2CCCCCC2)NC(=O)[C@H](CCCC)N(C)C(=O)[C@@H]1C. The number of amides is 5. The Kier molecular flexibility index (Phi) is 20.2. The van der Waals surface area contributed by atoms with Crippen molar-refractivity contribution >= 4 is 29.5 Å². The highest BCUT2D eigenvalue weighted by Crippen LogP contribution is 2.29. The van der Waals surface area contributed by atoms with E-state index in [1.807, 2.05) is 20.8 Å². The van der Waals surface area contributed by atoms with Gasteiger partial charge in [0, 0.05) is 19.6 Å². The number of unbranched alkanes of at least 4 members (excludes halogenated alkanes) is 4. The highest BCUT2D eigenvalue weighted by molar-refractivity contribution is 5.96. The molecule has 1 heterocycles. The average molecular weight is 764 g/mol. The molecule has 1 aliphatic heterocycles. The van der Waals surface area contributed by atoms with Gasteiger partial charge < -0.3 is 47.1 Å². The Balaban J connectivity index is 1.98. The van der Waals surface area contributed by atoms with Gasteiger partial charge in [-0.1, -0.05) is 85.0 Å². The maximum Gasteiger partial charge on any atom is 0.245 e. The standard InChI is InChI=1S/C40H73N7O7/c1-6-8-10-15-19-34-27(4)40(52)47(5)33(18-9-7-2)38(50)46-35(29-16-13-11-12-14-17-29)39(51)44-31(23-42)36(48)45-32(37(49)43-26(3)24-54-34)25-53-30-20-28(21-30)22-41/h26-35H,6-25,41-42H2,1-5H3,(H,43,49)(H,44,51)(H,45,48)(H,46,50)/t26-,27-,28?,30?,31+,32+,33+,34-,35+/m1/s1. The maximum atomic E-state index is 14.3. The molecule has 0 spiro atoms. The first-order valence-corrected chi connectivity index (χ1v) is 21.0. The van der Waals surface area contributed by atoms with Crippen LogP contribution in [0.5, 0.6) is 0 Å². The summed E-state index contributed by atoms with van der Waals surface area (Å²) in [5.74, 6) is -2.55. The summed E-state index contributed by atoms with van der Waals surface area (Å²) in [6, 6.07) is -4.43. The van der Waals surface area contributed by atoms with Gasteiger partial charge in [0.1, 0.15) is 24.2 Å². The minimum atomic E-state index is -1.17. The van der Waals surface area contributed by atoms with Crippen LogP contribution in [0.25, 0.3) is 0 Å². The first kappa shape index (κ1) is 45.6. The van der Waals surface area contributed by atoms with Gasteiger partial charge in [-0.2, -0.15) is 0 Å². The molecule has 14 nitrogen and oxygen atoms in total. The molecule has 5 amide bonds. The van der Waals surface area contributed by atoms with Gasteiger partial charge in [0.25, 0.3) is 0 Å². The second-order valence-corrected chi connectivity index (χ2v) is 16.2. The Bertz CT molecular complexity index is 1180. The van der Waals surface area contributed by atoms with Crippen molar-refractivity contribution in [3.8, 4) is 0 Å². The van der Waals surface area contributed by atoms with Crippen molar-refractivity contribution in [1.82, 2.24) is 26.2 Å². The summed E-state index contributed by atoms with van der Waals surface area (Å²) in [6.45, 7) is 8.24. The number of carbonyl (C=O) groups is 5. The van der Waals surface area contributed by atoms with Gasteiger partial charge in [-0.15, -0.1) is 0 Å². The monoisotopic (exact) mass is 764 g/mol. The molecular weight excluding hydrogens is 690 g/mol. The van der Waals surface area contributed by atoms with Gasteiger partial charge in [0.2, 0.25) is 29.5 Å². The molecule has 0 aromatic carbocycles. The summed E-state index contributed by atoms with van der Waals surface area (Å²) in [4.78, 5) is 71.7. The quantitative estimate of drug-likeness (QED) is 0.113. The smallest absolute Gasteiger partial charge is 0.245 e. The minimum absolute atomic E-state index is 0.0679. The lowest BCUT2D eigenvalue weighted by molar-refractivity contribution is -0.147. The van der Waals surface area contributed by atoms with Crippen LogP contribution in [0.15, 0.2) is 0 Å². The summed E-state index contributed by atoms with van der Waals surface area (Å²) in [5.41, 5.74) is 11.9. The van der Waals surface area contributed by atoms with Crippen molar-refractivity contribution in [2.24, 2.45) is 29.2 Å². The lowest BCUT2D eigenvalue weighted by atomic mass is 9.82. The molecule has 0 aromatic heterocycles. The lowest BCUT2D eigenvalue weighted by Crippen LogP contribution is -2.62. The van der Waals surface area contributed by atoms with Gasteiger partial charge in [-0.3, -0.25) is 24.0 Å². The third kappa shape index (κ3) is 14.0. The third-order valence-electron chi connectivity index (χ3n) is 11.7. The van der Waals surface area contributed by atoms with Crippen molar-refractivity contribution in [3.05, 3.63) is 0 Å². The van der Waals surface area contributed by atoms with Crippen molar-refractivity contribution < 1.29 is 33.4 Å². The van der Waals surface area contributed by atoms with Crippen LogP contribution in [0.4, 0.5) is 0 Å². The van der Waals surface area contributed by atoms with Crippen molar-refractivity contribution in [2.75, 3.05) is 33.4 Å². The topological polar surface area (TPSA) is 207 Å². The number of ether oxygens (including phenoxy) is 2. The molecule has 14 heteroatoms. The normalized spacial score (nSPS) is 31.9. The van der Waals surface area contributed by atoms with E-state index in [4.69, 9.17) is 20.9 Å². The molecule has 310 valence electrons. The van der Waals surface area contributed by atoms with Crippen LogP contribution in [-0.2, 0) is 33.4 Å². The predicted molar refractivity (Wildman–Crippen MR) is 209 cm³/mol. The van der Waals surface area contributed by atoms with Gasteiger partial charge in [-0.25, -0.2) is 0 Å². The second kappa shape index (κ2) is 24.0. The molecule has 2 saturated carbocycles. The zero-order chi connectivity index (χ0) is 39.6. The molecule has 1 saturated heterocycles. The van der Waals surface area contributed by atoms with Crippen LogP contribution in [-0.4, -0.2) is 110 Å². The highest BCUT2D eigenvalue weighted by Gasteiger charge is 2.39. The van der Waals surface area contributed by atoms with Crippen LogP contribution in [0.2, 0.25) is 0 Å². The van der Waals surface area contributed by atoms with E-state index in [1.165, 1.54) is 4.90 Å². The number of nitrogens with two attached hydrogens (primary N) is 2. The number of carbonyl (C=O) groups excluding carboxylic acids is 5. The minimum Gasteiger partial charge on any atom is -0.376 e. The van der Waals surface area contributed by atoms with Crippen LogP contribution >= 0.6 is 0 Å². The largest absolute Gasteiger partial charge is 0.376 e. The molecule has 3 fully saturated rings. The summed E-state index contributed by atoms with van der Waals surface area (Å²) < 4.78 is 12.5. The fraction of sp³-hybridized carbons (Fsp3) is 0.875. The van der Waals surface area contributed by atoms with E-state index in [2.05, 4.69) is 28.2 Å². The molecule has 7 atom stereocenters. The predicted octanol–water partition coefficient (Wildman–Crippen LogP) is 2.65. The average Bonchev–Trinajstić information content (AvgIpc) is 3.43. The summed E-state index contributed by atoms with van der Waals surface area (Å²) in [7, 11) is 1.66. The Hall–Kier alpha value is -2.81. The Morgan fingerprint density at radius 2 is 1.39 bits per heavy atom. The molecule has 0 unspecified atom stereocenters. The number of hydrogen-bond donors (Lipinski definition) is 6. The molecule has 0 bridgehead atoms. The van der Waals surface area contributed by atoms with Crippen molar-refractivity contribution in [3.63, 3.8) is 0 Å². The molecule has 0 aromatic rings. The number of hydrogen-bond acceptors (Lipinski definition) is 9. The molecule has 0 radical (unpaired) electrons. The third-order valence-corrected chi connectivity index (χ3v) is 11.7. The lowest BCUT2D eigenvalue weighted by Gasteiger charge is -2.35. The van der Waals surface area contributed by atoms with Crippen molar-refractivity contribution in [1.29, 1.82) is 0 Å². The molecule has 54 heavy (non-hydrogen) atoms. The fourth-order valence-electron chi connectivity index (χ4n) is 7.91. The Morgan fingerprint density at radius 3 is 2.02 bits per heavy atom. The fourth-order valence-corrected chi connectivity index (χ4v) is 7.91. The zero-order valence-electron chi connectivity index (χ0n) is 33.9. The Labute approximate surface area is 324 Å². The number of nitrogens with zero attached hydrogens (tertiary/aromatic N) is 1. The Morgan fingerprint density at radius 1 is 0.741 bits per heavy atom. The molecular formula is C40H73N7O7. The van der Waals surface area contributed by atoms with Crippen molar-refractivity contribution in [2.45, 2.75) is 173 Å². The van der Waals surface area contributed by atoms with E-state index in [-0.39, 0.29) is 37.7 Å². The second-order valence-electron chi connectivity index (χ2n) is 16.2. The van der Waals surface area contributed by atoms with Crippen LogP contribution < -0.4 is 32.7 Å². The van der Waals surface area contributed by atoms with Gasteiger partial charge in [-0.05, 0) is 63.8 Å². The van der Waals surface area contributed by atoms with E-state index in [0.29, 0.717) is 31.7 Å². The molecule has 2 aliphatic carbocycles. The molecule has 8 N–H and O–H groups in total. The van der Waals surface area contributed by atoms with Gasteiger partial charge >= 0.3 is 0 Å². The van der Waals surface area contributed by atoms with E-state index in [0.717, 1.165) is 83.5 Å². The van der Waals surface area contributed by atoms with E-state index in [1.54, 1.807) is 7.05 Å². The number of rotatable bonds is 14. The van der Waals surface area contributed by atoms with E-state index < -0.39 is 65.9 Å². The van der Waals surface area contributed by atoms with Gasteiger partial charge in [0.15, 0.2) is 0 Å². The van der Waals surface area contributed by atoms with E-state index >= 15 is 0 Å². The number of likely N-dealkylation sites (N-methyl/N-ethyl adjacent to an activating group) is 1. The molecule has 3 aliphatic rings. The first-order valence-electron chi connectivity index (χ1n) is 21.0. The summed E-state index contributed by atoms with van der Waals surface area (Å²) >= 11 is 0.